The molecule has 1 heterocycles. The minimum atomic E-state index is 0.115. The van der Waals surface area contributed by atoms with E-state index in [4.69, 9.17) is 0 Å². The van der Waals surface area contributed by atoms with Crippen LogP contribution in [0.2, 0.25) is 0 Å². The molecule has 1 aromatic heterocycles. The lowest BCUT2D eigenvalue weighted by Gasteiger charge is -2.12. The monoisotopic (exact) mass is 237 g/mol. The van der Waals surface area contributed by atoms with Gasteiger partial charge in [0.15, 0.2) is 0 Å². The second-order valence-corrected chi connectivity index (χ2v) is 4.43. The van der Waals surface area contributed by atoms with Gasteiger partial charge < -0.3 is 15.2 Å². The third kappa shape index (κ3) is 5.04. The highest BCUT2D eigenvalue weighted by molar-refractivity contribution is 5.75. The van der Waals surface area contributed by atoms with Crippen molar-refractivity contribution in [3.63, 3.8) is 0 Å². The summed E-state index contributed by atoms with van der Waals surface area (Å²) in [7, 11) is 0. The van der Waals surface area contributed by atoms with Crippen LogP contribution in [0, 0.1) is 0 Å². The van der Waals surface area contributed by atoms with Crippen molar-refractivity contribution >= 4 is 5.91 Å². The van der Waals surface area contributed by atoms with Gasteiger partial charge in [0.1, 0.15) is 0 Å². The molecule has 0 atom stereocenters. The van der Waals surface area contributed by atoms with Crippen molar-refractivity contribution in [3.05, 3.63) is 24.0 Å². The summed E-state index contributed by atoms with van der Waals surface area (Å²) < 4.78 is 2.13. The first-order chi connectivity index (χ1) is 8.13. The van der Waals surface area contributed by atoms with Crippen LogP contribution in [-0.4, -0.2) is 23.1 Å². The van der Waals surface area contributed by atoms with E-state index in [1.807, 2.05) is 19.2 Å². The van der Waals surface area contributed by atoms with Gasteiger partial charge in [0.25, 0.3) is 0 Å². The number of hydrogen-bond donors (Lipinski definition) is 2. The number of carbonyl (C=O) groups excluding carboxylic acids is 1. The molecule has 4 nitrogen and oxygen atoms in total. The molecule has 17 heavy (non-hydrogen) atoms. The third-order valence-corrected chi connectivity index (χ3v) is 2.57. The maximum absolute atomic E-state index is 11.4. The highest BCUT2D eigenvalue weighted by atomic mass is 16.1. The summed E-state index contributed by atoms with van der Waals surface area (Å²) in [4.78, 5) is 11.4. The average molecular weight is 237 g/mol. The van der Waals surface area contributed by atoms with Crippen LogP contribution in [0.15, 0.2) is 18.3 Å². The lowest BCUT2D eigenvalue weighted by atomic mass is 10.3. The van der Waals surface area contributed by atoms with Crippen molar-refractivity contribution in [2.24, 2.45) is 0 Å². The van der Waals surface area contributed by atoms with Gasteiger partial charge in [-0.15, -0.1) is 0 Å². The minimum absolute atomic E-state index is 0.115. The maximum Gasteiger partial charge on any atom is 0.221 e. The van der Waals surface area contributed by atoms with E-state index in [0.717, 1.165) is 13.1 Å². The fraction of sp³-hybridized carbons (Fsp3) is 0.615. The van der Waals surface area contributed by atoms with Gasteiger partial charge in [-0.2, -0.15) is 0 Å². The smallest absolute Gasteiger partial charge is 0.221 e. The second kappa shape index (κ2) is 7.12. The van der Waals surface area contributed by atoms with E-state index in [1.165, 1.54) is 5.69 Å². The molecule has 96 valence electrons. The molecule has 0 bridgehead atoms. The lowest BCUT2D eigenvalue weighted by Crippen LogP contribution is -2.25. The van der Waals surface area contributed by atoms with E-state index >= 15 is 0 Å². The van der Waals surface area contributed by atoms with E-state index < -0.39 is 0 Å². The molecule has 0 aliphatic carbocycles. The lowest BCUT2D eigenvalue weighted by molar-refractivity contribution is -0.121. The number of rotatable bonds is 7. The number of nitrogens with one attached hydrogen (secondary N) is 2. The molecule has 1 aromatic rings. The second-order valence-electron chi connectivity index (χ2n) is 4.43. The summed E-state index contributed by atoms with van der Waals surface area (Å²) >= 11 is 0. The van der Waals surface area contributed by atoms with E-state index in [9.17, 15) is 4.79 Å². The van der Waals surface area contributed by atoms with Crippen LogP contribution in [0.1, 0.15) is 32.9 Å². The van der Waals surface area contributed by atoms with Crippen LogP contribution in [-0.2, 0) is 17.9 Å². The maximum atomic E-state index is 11.4. The number of aryl methyl sites for hydroxylation is 1. The predicted molar refractivity (Wildman–Crippen MR) is 69.7 cm³/mol. The van der Waals surface area contributed by atoms with Crippen molar-refractivity contribution in [2.75, 3.05) is 6.54 Å². The van der Waals surface area contributed by atoms with Gasteiger partial charge in [0.05, 0.1) is 0 Å². The van der Waals surface area contributed by atoms with Crippen LogP contribution in [0.5, 0.6) is 0 Å². The van der Waals surface area contributed by atoms with Crippen molar-refractivity contribution in [1.82, 2.24) is 15.2 Å². The third-order valence-electron chi connectivity index (χ3n) is 2.57. The van der Waals surface area contributed by atoms with Crippen LogP contribution in [0.3, 0.4) is 0 Å². The largest absolute Gasteiger partial charge is 0.356 e. The summed E-state index contributed by atoms with van der Waals surface area (Å²) in [5.74, 6) is 0.115. The van der Waals surface area contributed by atoms with Crippen molar-refractivity contribution in [1.29, 1.82) is 0 Å². The van der Waals surface area contributed by atoms with Gasteiger partial charge in [0, 0.05) is 44.0 Å². The summed E-state index contributed by atoms with van der Waals surface area (Å²) in [6.07, 6.45) is 2.56. The number of carbonyl (C=O) groups is 1. The fourth-order valence-electron chi connectivity index (χ4n) is 1.64. The molecule has 4 heteroatoms. The molecule has 1 amide bonds. The number of amides is 1. The Labute approximate surface area is 103 Å². The molecular formula is C13H23N3O. The first kappa shape index (κ1) is 13.8. The van der Waals surface area contributed by atoms with Crippen LogP contribution in [0.4, 0.5) is 0 Å². The first-order valence-corrected chi connectivity index (χ1v) is 6.27. The first-order valence-electron chi connectivity index (χ1n) is 6.27. The SMILES string of the molecule is CCNC(=O)CCn1cccc1CNC(C)C. The standard InChI is InChI=1S/C13H23N3O/c1-4-14-13(17)7-9-16-8-5-6-12(16)10-15-11(2)3/h5-6,8,11,15H,4,7,9-10H2,1-3H3,(H,14,17). The number of nitrogens with zero attached hydrogens (tertiary/aromatic N) is 1. The Morgan fingerprint density at radius 3 is 2.88 bits per heavy atom. The number of hydrogen-bond acceptors (Lipinski definition) is 2. The molecular weight excluding hydrogens is 214 g/mol. The number of aromatic nitrogens is 1. The van der Waals surface area contributed by atoms with Gasteiger partial charge in [0.2, 0.25) is 5.91 Å². The Morgan fingerprint density at radius 2 is 2.24 bits per heavy atom. The highest BCUT2D eigenvalue weighted by Gasteiger charge is 2.04. The van der Waals surface area contributed by atoms with Gasteiger partial charge in [-0.25, -0.2) is 0 Å². The zero-order chi connectivity index (χ0) is 12.7. The zero-order valence-electron chi connectivity index (χ0n) is 11.0. The van der Waals surface area contributed by atoms with E-state index in [2.05, 4.69) is 35.1 Å². The molecule has 0 unspecified atom stereocenters. The van der Waals surface area contributed by atoms with Gasteiger partial charge in [-0.1, -0.05) is 13.8 Å². The van der Waals surface area contributed by atoms with Gasteiger partial charge in [-0.05, 0) is 19.1 Å². The molecule has 0 radical (unpaired) electrons. The molecule has 2 N–H and O–H groups in total. The molecule has 0 spiro atoms. The summed E-state index contributed by atoms with van der Waals surface area (Å²) in [5.41, 5.74) is 1.22. The fourth-order valence-corrected chi connectivity index (χ4v) is 1.64. The van der Waals surface area contributed by atoms with Crippen LogP contribution in [0.25, 0.3) is 0 Å². The Balaban J connectivity index is 2.42. The van der Waals surface area contributed by atoms with Crippen molar-refractivity contribution in [3.8, 4) is 0 Å². The van der Waals surface area contributed by atoms with E-state index in [0.29, 0.717) is 19.0 Å². The van der Waals surface area contributed by atoms with Crippen LogP contribution >= 0.6 is 0 Å². The molecule has 0 aliphatic heterocycles. The van der Waals surface area contributed by atoms with Crippen molar-refractivity contribution < 1.29 is 4.79 Å². The quantitative estimate of drug-likeness (QED) is 0.755. The summed E-state index contributed by atoms with van der Waals surface area (Å²) in [6.45, 7) is 8.48. The normalized spacial score (nSPS) is 10.8. The van der Waals surface area contributed by atoms with Gasteiger partial charge >= 0.3 is 0 Å². The van der Waals surface area contributed by atoms with Crippen molar-refractivity contribution in [2.45, 2.75) is 46.3 Å². The van der Waals surface area contributed by atoms with Gasteiger partial charge in [-0.3, -0.25) is 4.79 Å². The molecule has 0 aliphatic rings. The average Bonchev–Trinajstić information content (AvgIpc) is 2.71. The summed E-state index contributed by atoms with van der Waals surface area (Å²) in [5, 5.41) is 6.19. The molecule has 0 saturated carbocycles. The molecule has 0 saturated heterocycles. The van der Waals surface area contributed by atoms with Crippen LogP contribution < -0.4 is 10.6 Å². The highest BCUT2D eigenvalue weighted by Crippen LogP contribution is 2.04. The molecule has 1 rings (SSSR count). The topological polar surface area (TPSA) is 46.1 Å². The minimum Gasteiger partial charge on any atom is -0.356 e. The Kier molecular flexibility index (Phi) is 5.77. The van der Waals surface area contributed by atoms with E-state index in [1.54, 1.807) is 0 Å². The molecule has 0 aromatic carbocycles. The van der Waals surface area contributed by atoms with E-state index in [-0.39, 0.29) is 5.91 Å². The predicted octanol–water partition coefficient (Wildman–Crippen LogP) is 1.51. The Morgan fingerprint density at radius 1 is 1.47 bits per heavy atom. The molecule has 0 fully saturated rings. The Hall–Kier alpha value is -1.29. The zero-order valence-corrected chi connectivity index (χ0v) is 11.0. The summed E-state index contributed by atoms with van der Waals surface area (Å²) in [6, 6.07) is 4.59. The Bertz CT molecular complexity index is 344.